The van der Waals surface area contributed by atoms with Crippen LogP contribution in [0.3, 0.4) is 0 Å². The van der Waals surface area contributed by atoms with Gasteiger partial charge in [-0.25, -0.2) is 56.8 Å². The van der Waals surface area contributed by atoms with Gasteiger partial charge in [-0.15, -0.1) is 0 Å². The van der Waals surface area contributed by atoms with Crippen molar-refractivity contribution in [3.8, 4) is 56.3 Å². The van der Waals surface area contributed by atoms with Crippen molar-refractivity contribution in [1.29, 1.82) is 0 Å². The van der Waals surface area contributed by atoms with Crippen molar-refractivity contribution in [3.63, 3.8) is 0 Å². The number of fused-ring (bicyclic) bond motifs is 4. The summed E-state index contributed by atoms with van der Waals surface area (Å²) >= 11 is 0. The summed E-state index contributed by atoms with van der Waals surface area (Å²) in [7, 11) is 0. The fourth-order valence-electron chi connectivity index (χ4n) is 10.1. The molecule has 8 heterocycles. The van der Waals surface area contributed by atoms with E-state index < -0.39 is 35.4 Å². The standard InChI is InChI=1S/2C31H27F2N7O2/c2*1-16(2)42-23-10-9-20(13-22(23)33)28-26-29(34)35-15-36-30(26)40(38-28)18(4)27-25(19-6-5-7-21(32)12-19)31(41)39-14-17(3)8-11-24(39)37-27/h2*5-16,18H,1-4H3,(H2,34,35,36)/t2*18-/m10/s1. The van der Waals surface area contributed by atoms with Gasteiger partial charge in [-0.3, -0.25) is 18.4 Å². The van der Waals surface area contributed by atoms with E-state index in [4.69, 9.17) is 41.1 Å². The number of rotatable bonds is 12. The third-order valence-electron chi connectivity index (χ3n) is 13.9. The maximum absolute atomic E-state index is 15.0. The molecule has 424 valence electrons. The Labute approximate surface area is 476 Å². The van der Waals surface area contributed by atoms with E-state index >= 15 is 8.78 Å². The van der Waals surface area contributed by atoms with E-state index in [2.05, 4.69) is 19.9 Å². The maximum atomic E-state index is 15.0. The molecule has 0 fully saturated rings. The number of anilines is 2. The zero-order valence-electron chi connectivity index (χ0n) is 46.7. The zero-order chi connectivity index (χ0) is 59.4. The number of aryl methyl sites for hydroxylation is 2. The summed E-state index contributed by atoms with van der Waals surface area (Å²) in [6.07, 6.45) is 5.60. The van der Waals surface area contributed by atoms with Crippen molar-refractivity contribution >= 4 is 45.0 Å². The largest absolute Gasteiger partial charge is 0.488 e. The van der Waals surface area contributed by atoms with Gasteiger partial charge in [0.15, 0.2) is 34.4 Å². The summed E-state index contributed by atoms with van der Waals surface area (Å²) in [4.78, 5) is 54.7. The molecule has 0 aliphatic rings. The van der Waals surface area contributed by atoms with E-state index in [0.29, 0.717) is 78.4 Å². The summed E-state index contributed by atoms with van der Waals surface area (Å²) in [5, 5.41) is 10.5. The lowest BCUT2D eigenvalue weighted by molar-refractivity contribution is 0.231. The molecule has 12 rings (SSSR count). The Kier molecular flexibility index (Phi) is 14.7. The van der Waals surface area contributed by atoms with Gasteiger partial charge >= 0.3 is 0 Å². The van der Waals surface area contributed by atoms with Crippen molar-refractivity contribution in [1.82, 2.24) is 58.3 Å². The van der Waals surface area contributed by atoms with Gasteiger partial charge in [-0.1, -0.05) is 36.4 Å². The molecule has 0 aliphatic heterocycles. The molecule has 0 radical (unpaired) electrons. The van der Waals surface area contributed by atoms with Crippen LogP contribution in [0.4, 0.5) is 29.2 Å². The van der Waals surface area contributed by atoms with Crippen molar-refractivity contribution < 1.29 is 27.0 Å². The number of aromatic nitrogens is 12. The minimum atomic E-state index is -0.679. The molecular formula is C62H54F4N14O4. The predicted molar refractivity (Wildman–Crippen MR) is 313 cm³/mol. The van der Waals surface area contributed by atoms with Crippen molar-refractivity contribution in [2.75, 3.05) is 11.5 Å². The predicted octanol–water partition coefficient (Wildman–Crippen LogP) is 11.5. The fraction of sp³-hybridized carbons (Fsp3) is 0.194. The number of halogens is 4. The number of nitrogen functional groups attached to an aromatic ring is 2. The summed E-state index contributed by atoms with van der Waals surface area (Å²) < 4.78 is 75.9. The topological polar surface area (TPSA) is 226 Å². The number of nitrogens with zero attached hydrogens (tertiary/aromatic N) is 12. The fourth-order valence-corrected chi connectivity index (χ4v) is 10.1. The van der Waals surface area contributed by atoms with Gasteiger partial charge in [-0.05, 0) is 150 Å². The monoisotopic (exact) mass is 1130 g/mol. The van der Waals surface area contributed by atoms with Crippen LogP contribution in [0.2, 0.25) is 0 Å². The van der Waals surface area contributed by atoms with Crippen LogP contribution in [0.1, 0.15) is 76.1 Å². The molecule has 8 aromatic heterocycles. The molecule has 0 unspecified atom stereocenters. The minimum absolute atomic E-state index is 0.117. The van der Waals surface area contributed by atoms with E-state index in [-0.39, 0.29) is 57.6 Å². The molecule has 2 atom stereocenters. The highest BCUT2D eigenvalue weighted by Crippen LogP contribution is 2.39. The smallest absolute Gasteiger partial charge is 0.266 e. The summed E-state index contributed by atoms with van der Waals surface area (Å²) in [5.74, 6) is -1.54. The van der Waals surface area contributed by atoms with E-state index in [0.717, 1.165) is 11.1 Å². The summed E-state index contributed by atoms with van der Waals surface area (Å²) in [6, 6.07) is 26.6. The van der Waals surface area contributed by atoms with Crippen molar-refractivity contribution in [3.05, 3.63) is 201 Å². The van der Waals surface area contributed by atoms with Crippen molar-refractivity contribution in [2.24, 2.45) is 0 Å². The van der Waals surface area contributed by atoms with Crippen LogP contribution in [-0.2, 0) is 0 Å². The average molecular weight is 1140 g/mol. The Balaban J connectivity index is 0.000000175. The first-order valence-corrected chi connectivity index (χ1v) is 26.7. The lowest BCUT2D eigenvalue weighted by Crippen LogP contribution is -2.23. The van der Waals surface area contributed by atoms with Crippen LogP contribution in [0.15, 0.2) is 144 Å². The van der Waals surface area contributed by atoms with Crippen LogP contribution in [0, 0.1) is 37.1 Å². The highest BCUT2D eigenvalue weighted by Gasteiger charge is 2.29. The van der Waals surface area contributed by atoms with Gasteiger partial charge < -0.3 is 20.9 Å². The van der Waals surface area contributed by atoms with Gasteiger partial charge in [0.2, 0.25) is 0 Å². The highest BCUT2D eigenvalue weighted by atomic mass is 19.1. The minimum Gasteiger partial charge on any atom is -0.488 e. The van der Waals surface area contributed by atoms with Gasteiger partial charge in [0, 0.05) is 23.5 Å². The lowest BCUT2D eigenvalue weighted by Gasteiger charge is -2.18. The number of benzene rings is 4. The molecule has 0 bridgehead atoms. The van der Waals surface area contributed by atoms with Crippen LogP contribution in [-0.4, -0.2) is 70.5 Å². The van der Waals surface area contributed by atoms with Gasteiger partial charge in [0.25, 0.3) is 11.1 Å². The number of pyridine rings is 2. The molecule has 0 aliphatic carbocycles. The number of nitrogens with two attached hydrogens (primary N) is 2. The summed E-state index contributed by atoms with van der Waals surface area (Å²) in [5.41, 5.74) is 18.7. The van der Waals surface area contributed by atoms with Crippen LogP contribution in [0.25, 0.3) is 78.1 Å². The molecule has 4 aromatic carbocycles. The second-order valence-electron chi connectivity index (χ2n) is 20.7. The third-order valence-corrected chi connectivity index (χ3v) is 13.9. The molecule has 0 saturated heterocycles. The van der Waals surface area contributed by atoms with E-state index in [1.807, 2.05) is 67.5 Å². The van der Waals surface area contributed by atoms with E-state index in [1.54, 1.807) is 70.3 Å². The second kappa shape index (κ2) is 22.2. The zero-order valence-corrected chi connectivity index (χ0v) is 46.7. The summed E-state index contributed by atoms with van der Waals surface area (Å²) in [6.45, 7) is 14.6. The number of hydrogen-bond donors (Lipinski definition) is 2. The lowest BCUT2D eigenvalue weighted by atomic mass is 10.0. The SMILES string of the molecule is Cc1ccc2nc([C@@H](C)n3nc(-c4ccc(OC(C)C)c(F)c4)c4c(N)ncnc43)c(-c3cccc(F)c3)c(=O)n2c1.Cc1ccc2nc([C@H](C)n3nc(-c4ccc(OC(C)C)c(F)c4)c4c(N)ncnc43)c(-c3cccc(F)c3)c(=O)n2c1. The molecule has 18 nitrogen and oxygen atoms in total. The van der Waals surface area contributed by atoms with Gasteiger partial charge in [-0.2, -0.15) is 10.2 Å². The Bertz CT molecular complexity index is 4400. The van der Waals surface area contributed by atoms with Crippen LogP contribution in [0.5, 0.6) is 11.5 Å². The van der Waals surface area contributed by atoms with E-state index in [1.165, 1.54) is 70.0 Å². The Hall–Kier alpha value is -10.4. The molecule has 4 N–H and O–H groups in total. The van der Waals surface area contributed by atoms with Crippen molar-refractivity contribution in [2.45, 2.75) is 79.7 Å². The van der Waals surface area contributed by atoms with Gasteiger partial charge in [0.05, 0.1) is 57.6 Å². The number of ether oxygens (including phenoxy) is 2. The molecule has 0 spiro atoms. The Morgan fingerprint density at radius 3 is 1.26 bits per heavy atom. The molecule has 0 amide bonds. The Morgan fingerprint density at radius 2 is 0.893 bits per heavy atom. The average Bonchev–Trinajstić information content (AvgIpc) is 4.25. The molecule has 22 heteroatoms. The first kappa shape index (κ1) is 55.5. The molecule has 12 aromatic rings. The molecule has 84 heavy (non-hydrogen) atoms. The van der Waals surface area contributed by atoms with Gasteiger partial charge in [0.1, 0.15) is 58.6 Å². The maximum Gasteiger partial charge on any atom is 0.266 e. The molecule has 0 saturated carbocycles. The van der Waals surface area contributed by atoms with E-state index in [9.17, 15) is 18.4 Å². The first-order chi connectivity index (χ1) is 40.2. The number of hydrogen-bond acceptors (Lipinski definition) is 14. The Morgan fingerprint density at radius 1 is 0.488 bits per heavy atom. The third kappa shape index (κ3) is 10.4. The van der Waals surface area contributed by atoms with Crippen LogP contribution < -0.4 is 32.1 Å². The second-order valence-corrected chi connectivity index (χ2v) is 20.7. The van der Waals surface area contributed by atoms with Crippen LogP contribution >= 0.6 is 0 Å². The molecular weight excluding hydrogens is 1080 g/mol. The highest BCUT2D eigenvalue weighted by molar-refractivity contribution is 5.99. The normalized spacial score (nSPS) is 12.4. The first-order valence-electron chi connectivity index (χ1n) is 26.7. The quantitative estimate of drug-likeness (QED) is 0.109.